The van der Waals surface area contributed by atoms with Gasteiger partial charge < -0.3 is 14.2 Å². The lowest BCUT2D eigenvalue weighted by atomic mass is 10.0. The summed E-state index contributed by atoms with van der Waals surface area (Å²) in [6.07, 6.45) is 58.0. The highest BCUT2D eigenvalue weighted by Gasteiger charge is 2.19. The summed E-state index contributed by atoms with van der Waals surface area (Å²) in [7, 11) is 0. The van der Waals surface area contributed by atoms with Gasteiger partial charge in [-0.1, -0.05) is 217 Å². The maximum atomic E-state index is 12.8. The Kier molecular flexibility index (Phi) is 46.9. The Bertz CT molecular complexity index is 1060. The Morgan fingerprint density at radius 2 is 0.617 bits per heavy atom. The summed E-state index contributed by atoms with van der Waals surface area (Å²) >= 11 is 0. The van der Waals surface area contributed by atoms with Crippen molar-refractivity contribution in [3.63, 3.8) is 0 Å². The highest BCUT2D eigenvalue weighted by atomic mass is 16.6. The van der Waals surface area contributed by atoms with E-state index >= 15 is 0 Å². The molecule has 0 aromatic heterocycles. The summed E-state index contributed by atoms with van der Waals surface area (Å²) in [5.74, 6) is -0.903. The van der Waals surface area contributed by atoms with Crippen LogP contribution >= 0.6 is 0 Å². The summed E-state index contributed by atoms with van der Waals surface area (Å²) in [5.41, 5.74) is 0. The summed E-state index contributed by atoms with van der Waals surface area (Å²) in [5, 5.41) is 0. The lowest BCUT2D eigenvalue weighted by molar-refractivity contribution is -0.167. The van der Waals surface area contributed by atoms with Crippen LogP contribution in [0.4, 0.5) is 0 Å². The maximum Gasteiger partial charge on any atom is 0.306 e. The molecule has 0 amide bonds. The normalized spacial score (nSPS) is 12.4. The quantitative estimate of drug-likeness (QED) is 0.0263. The van der Waals surface area contributed by atoms with Gasteiger partial charge in [-0.05, 0) is 70.6 Å². The van der Waals surface area contributed by atoms with E-state index in [2.05, 4.69) is 69.4 Å². The maximum absolute atomic E-state index is 12.8. The number of esters is 3. The molecule has 0 bridgehead atoms. The molecule has 0 rings (SSSR count). The van der Waals surface area contributed by atoms with Gasteiger partial charge in [0, 0.05) is 19.3 Å². The number of allylic oxidation sites excluding steroid dienone is 8. The van der Waals surface area contributed by atoms with E-state index in [9.17, 15) is 14.4 Å². The lowest BCUT2D eigenvalue weighted by Gasteiger charge is -2.18. The van der Waals surface area contributed by atoms with Gasteiger partial charge in [-0.15, -0.1) is 0 Å². The van der Waals surface area contributed by atoms with Crippen LogP contribution < -0.4 is 0 Å². The second-order valence-electron chi connectivity index (χ2n) is 17.1. The van der Waals surface area contributed by atoms with Crippen molar-refractivity contribution in [1.82, 2.24) is 0 Å². The smallest absolute Gasteiger partial charge is 0.306 e. The predicted octanol–water partition coefficient (Wildman–Crippen LogP) is 16.7. The lowest BCUT2D eigenvalue weighted by Crippen LogP contribution is -2.30. The molecule has 0 aromatic rings. The van der Waals surface area contributed by atoms with Gasteiger partial charge in [0.05, 0.1) is 0 Å². The molecule has 60 heavy (non-hydrogen) atoms. The third-order valence-electron chi connectivity index (χ3n) is 11.1. The van der Waals surface area contributed by atoms with Gasteiger partial charge in [-0.2, -0.15) is 0 Å². The van der Waals surface area contributed by atoms with E-state index in [4.69, 9.17) is 14.2 Å². The Hall–Kier alpha value is -2.63. The van der Waals surface area contributed by atoms with Gasteiger partial charge in [-0.3, -0.25) is 14.4 Å². The number of carbonyl (C=O) groups excluding carboxylic acids is 3. The predicted molar refractivity (Wildman–Crippen MR) is 256 cm³/mol. The molecule has 0 aliphatic carbocycles. The Labute approximate surface area is 371 Å². The first-order valence-corrected chi connectivity index (χ1v) is 25.6. The number of rotatable bonds is 46. The van der Waals surface area contributed by atoms with Crippen LogP contribution in [-0.2, 0) is 28.6 Å². The summed E-state index contributed by atoms with van der Waals surface area (Å²) in [6.45, 7) is 6.54. The first-order chi connectivity index (χ1) is 29.5. The second-order valence-corrected chi connectivity index (χ2v) is 17.1. The SMILES string of the molecule is CCCC/C=C\C/C=C\CCCCCCCC(=O)OC[C@@H](COC(=O)CCCCCCCCCCCCCCCC)OC(=O)CCCCCCC/C=C\C/C=C\CCCC. The van der Waals surface area contributed by atoms with Gasteiger partial charge in [-0.25, -0.2) is 0 Å². The molecule has 0 heterocycles. The first-order valence-electron chi connectivity index (χ1n) is 25.6. The highest BCUT2D eigenvalue weighted by Crippen LogP contribution is 2.15. The van der Waals surface area contributed by atoms with E-state index in [1.54, 1.807) is 0 Å². The largest absolute Gasteiger partial charge is 0.462 e. The van der Waals surface area contributed by atoms with Crippen LogP contribution in [0.2, 0.25) is 0 Å². The molecule has 0 spiro atoms. The molecule has 6 heteroatoms. The van der Waals surface area contributed by atoms with Gasteiger partial charge in [0.1, 0.15) is 13.2 Å². The van der Waals surface area contributed by atoms with Crippen LogP contribution in [0.5, 0.6) is 0 Å². The standard InChI is InChI=1S/C54H96O6/c1-4-7-10-13-16-19-22-25-28-31-34-37-40-43-46-52(55)58-49-51(60-54(57)48-45-42-39-36-33-30-27-24-21-18-15-12-9-6-3)50-59-53(56)47-44-41-38-35-32-29-26-23-20-17-14-11-8-5-2/h13,15-16,18,22,24-25,27,51H,4-12,14,17,19-21,23,26,28-50H2,1-3H3/b16-13-,18-15-,25-22-,27-24-/t51-/m0/s1. The molecule has 0 radical (unpaired) electrons. The molecule has 348 valence electrons. The van der Waals surface area contributed by atoms with Gasteiger partial charge in [0.2, 0.25) is 0 Å². The van der Waals surface area contributed by atoms with Crippen molar-refractivity contribution in [2.45, 2.75) is 264 Å². The van der Waals surface area contributed by atoms with Crippen LogP contribution in [0.15, 0.2) is 48.6 Å². The van der Waals surface area contributed by atoms with E-state index < -0.39 is 6.10 Å². The third-order valence-corrected chi connectivity index (χ3v) is 11.1. The molecule has 0 aliphatic heterocycles. The zero-order valence-electron chi connectivity index (χ0n) is 39.7. The van der Waals surface area contributed by atoms with Crippen LogP contribution in [0, 0.1) is 0 Å². The average molecular weight is 841 g/mol. The molecule has 1 atom stereocenters. The molecule has 0 saturated carbocycles. The van der Waals surface area contributed by atoms with Crippen LogP contribution in [0.25, 0.3) is 0 Å². The van der Waals surface area contributed by atoms with Crippen LogP contribution in [-0.4, -0.2) is 37.2 Å². The minimum absolute atomic E-state index is 0.0813. The van der Waals surface area contributed by atoms with Crippen molar-refractivity contribution in [2.24, 2.45) is 0 Å². The van der Waals surface area contributed by atoms with Crippen LogP contribution in [0.3, 0.4) is 0 Å². The van der Waals surface area contributed by atoms with Gasteiger partial charge in [0.15, 0.2) is 6.10 Å². The summed E-state index contributed by atoms with van der Waals surface area (Å²) < 4.78 is 16.8. The minimum atomic E-state index is -0.782. The summed E-state index contributed by atoms with van der Waals surface area (Å²) in [6, 6.07) is 0. The van der Waals surface area contributed by atoms with E-state index in [0.717, 1.165) is 103 Å². The van der Waals surface area contributed by atoms with E-state index in [0.29, 0.717) is 19.3 Å². The second kappa shape index (κ2) is 49.0. The zero-order valence-corrected chi connectivity index (χ0v) is 39.7. The van der Waals surface area contributed by atoms with Gasteiger partial charge >= 0.3 is 17.9 Å². The zero-order chi connectivity index (χ0) is 43.7. The number of hydrogen-bond donors (Lipinski definition) is 0. The summed E-state index contributed by atoms with van der Waals surface area (Å²) in [4.78, 5) is 37.9. The molecule has 0 saturated heterocycles. The molecule has 0 aliphatic rings. The minimum Gasteiger partial charge on any atom is -0.462 e. The molecule has 0 unspecified atom stereocenters. The number of carbonyl (C=O) groups is 3. The van der Waals surface area contributed by atoms with E-state index in [1.807, 2.05) is 0 Å². The Morgan fingerprint density at radius 3 is 0.967 bits per heavy atom. The fourth-order valence-electron chi connectivity index (χ4n) is 7.12. The third kappa shape index (κ3) is 46.4. The average Bonchev–Trinajstić information content (AvgIpc) is 3.24. The Balaban J connectivity index is 4.41. The molecule has 0 N–H and O–H groups in total. The van der Waals surface area contributed by atoms with Crippen molar-refractivity contribution in [3.05, 3.63) is 48.6 Å². The van der Waals surface area contributed by atoms with Crippen molar-refractivity contribution >= 4 is 17.9 Å². The molecule has 6 nitrogen and oxygen atoms in total. The monoisotopic (exact) mass is 841 g/mol. The fraction of sp³-hybridized carbons (Fsp3) is 0.796. The molecular formula is C54H96O6. The van der Waals surface area contributed by atoms with Crippen molar-refractivity contribution in [2.75, 3.05) is 13.2 Å². The first kappa shape index (κ1) is 57.4. The fourth-order valence-corrected chi connectivity index (χ4v) is 7.12. The van der Waals surface area contributed by atoms with Crippen molar-refractivity contribution < 1.29 is 28.6 Å². The number of unbranched alkanes of at least 4 members (excludes halogenated alkanes) is 27. The van der Waals surface area contributed by atoms with Crippen molar-refractivity contribution in [1.29, 1.82) is 0 Å². The van der Waals surface area contributed by atoms with E-state index in [1.165, 1.54) is 116 Å². The molecule has 0 aromatic carbocycles. The number of hydrogen-bond acceptors (Lipinski definition) is 6. The highest BCUT2D eigenvalue weighted by molar-refractivity contribution is 5.71. The van der Waals surface area contributed by atoms with Crippen molar-refractivity contribution in [3.8, 4) is 0 Å². The Morgan fingerprint density at radius 1 is 0.333 bits per heavy atom. The van der Waals surface area contributed by atoms with Gasteiger partial charge in [0.25, 0.3) is 0 Å². The molecule has 0 fully saturated rings. The van der Waals surface area contributed by atoms with E-state index in [-0.39, 0.29) is 31.1 Å². The molecular weight excluding hydrogens is 745 g/mol. The van der Waals surface area contributed by atoms with Crippen LogP contribution in [0.1, 0.15) is 258 Å². The number of ether oxygens (including phenoxy) is 3. The topological polar surface area (TPSA) is 78.9 Å².